The second-order valence-electron chi connectivity index (χ2n) is 7.22. The maximum Gasteiger partial charge on any atom is 0.336 e. The zero-order valence-corrected chi connectivity index (χ0v) is 16.7. The fourth-order valence-electron chi connectivity index (χ4n) is 4.17. The molecule has 0 atom stereocenters. The van der Waals surface area contributed by atoms with E-state index in [4.69, 9.17) is 4.98 Å². The average Bonchev–Trinajstić information content (AvgIpc) is 2.91. The van der Waals surface area contributed by atoms with Crippen LogP contribution in [0, 0.1) is 5.82 Å². The van der Waals surface area contributed by atoms with Crippen LogP contribution in [0.4, 0.5) is 4.39 Å². The average molecular weight is 421 g/mol. The first-order chi connectivity index (χ1) is 14.1. The van der Waals surface area contributed by atoms with Crippen LogP contribution in [0.15, 0.2) is 60.8 Å². The Hall–Kier alpha value is -3.31. The molecule has 0 spiro atoms. The zero-order chi connectivity index (χ0) is 20.0. The Labute approximate surface area is 178 Å². The number of carbonyl (C=O) groups is 1. The van der Waals surface area contributed by atoms with Gasteiger partial charge in [0.1, 0.15) is 5.82 Å². The van der Waals surface area contributed by atoms with E-state index in [1.54, 1.807) is 12.3 Å². The van der Waals surface area contributed by atoms with Crippen LogP contribution >= 0.6 is 12.4 Å². The van der Waals surface area contributed by atoms with Crippen LogP contribution in [-0.2, 0) is 12.8 Å². The molecule has 30 heavy (non-hydrogen) atoms. The predicted molar refractivity (Wildman–Crippen MR) is 117 cm³/mol. The summed E-state index contributed by atoms with van der Waals surface area (Å²) in [5.74, 6) is -1.51. The minimum atomic E-state index is -1.05. The number of halogens is 2. The first-order valence-electron chi connectivity index (χ1n) is 9.52. The maximum absolute atomic E-state index is 13.8. The van der Waals surface area contributed by atoms with Gasteiger partial charge >= 0.3 is 5.97 Å². The van der Waals surface area contributed by atoms with Gasteiger partial charge in [-0.05, 0) is 66.8 Å². The number of hydrogen-bond acceptors (Lipinski definition) is 3. The minimum absolute atomic E-state index is 0. The van der Waals surface area contributed by atoms with Gasteiger partial charge in [-0.1, -0.05) is 18.2 Å². The van der Waals surface area contributed by atoms with E-state index < -0.39 is 11.8 Å². The summed E-state index contributed by atoms with van der Waals surface area (Å²) >= 11 is 0. The van der Waals surface area contributed by atoms with Crippen LogP contribution < -0.4 is 0 Å². The third-order valence-corrected chi connectivity index (χ3v) is 5.46. The predicted octanol–water partition coefficient (Wildman–Crippen LogP) is 5.71. The van der Waals surface area contributed by atoms with Crippen molar-refractivity contribution >= 4 is 29.3 Å². The molecule has 0 saturated carbocycles. The molecule has 4 nitrogen and oxygen atoms in total. The van der Waals surface area contributed by atoms with E-state index in [1.165, 1.54) is 12.1 Å². The van der Waals surface area contributed by atoms with E-state index in [9.17, 15) is 14.3 Å². The Balaban J connectivity index is 0.00000218. The summed E-state index contributed by atoms with van der Waals surface area (Å²) in [4.78, 5) is 21.3. The monoisotopic (exact) mass is 420 g/mol. The van der Waals surface area contributed by atoms with Crippen molar-refractivity contribution in [3.63, 3.8) is 0 Å². The number of carboxylic acids is 1. The van der Waals surface area contributed by atoms with Crippen molar-refractivity contribution < 1.29 is 14.3 Å². The second kappa shape index (κ2) is 7.84. The Kier molecular flexibility index (Phi) is 5.22. The van der Waals surface area contributed by atoms with Crippen LogP contribution in [-0.4, -0.2) is 21.0 Å². The zero-order valence-electron chi connectivity index (χ0n) is 15.9. The van der Waals surface area contributed by atoms with Crippen molar-refractivity contribution in [1.29, 1.82) is 0 Å². The molecule has 1 aliphatic carbocycles. The first kappa shape index (κ1) is 20.0. The smallest absolute Gasteiger partial charge is 0.336 e. The molecular formula is C24H18ClFN2O2. The number of aromatic carboxylic acids is 1. The quantitative estimate of drug-likeness (QED) is 0.451. The molecule has 0 radical (unpaired) electrons. The highest BCUT2D eigenvalue weighted by Gasteiger charge is 2.25. The van der Waals surface area contributed by atoms with Crippen LogP contribution in [0.2, 0.25) is 0 Å². The molecule has 1 N–H and O–H groups in total. The third kappa shape index (κ3) is 3.31. The molecule has 150 valence electrons. The molecule has 6 heteroatoms. The lowest BCUT2D eigenvalue weighted by Gasteiger charge is -2.14. The molecule has 2 heterocycles. The summed E-state index contributed by atoms with van der Waals surface area (Å²) in [5.41, 5.74) is 5.99. The minimum Gasteiger partial charge on any atom is -0.478 e. The van der Waals surface area contributed by atoms with Gasteiger partial charge in [0, 0.05) is 22.7 Å². The lowest BCUT2D eigenvalue weighted by molar-refractivity contribution is 0.0698. The van der Waals surface area contributed by atoms with Crippen LogP contribution in [0.5, 0.6) is 0 Å². The van der Waals surface area contributed by atoms with E-state index in [0.717, 1.165) is 35.2 Å². The highest BCUT2D eigenvalue weighted by atomic mass is 35.5. The van der Waals surface area contributed by atoms with Gasteiger partial charge < -0.3 is 5.11 Å². The highest BCUT2D eigenvalue weighted by molar-refractivity contribution is 6.06. The molecule has 0 unspecified atom stereocenters. The van der Waals surface area contributed by atoms with E-state index in [-0.39, 0.29) is 18.0 Å². The summed E-state index contributed by atoms with van der Waals surface area (Å²) in [6.07, 6.45) is 3.97. The molecule has 0 amide bonds. The molecule has 4 aromatic rings. The molecule has 0 saturated heterocycles. The number of nitrogens with zero attached hydrogens (tertiary/aromatic N) is 2. The van der Waals surface area contributed by atoms with Gasteiger partial charge in [0.25, 0.3) is 0 Å². The van der Waals surface area contributed by atoms with Gasteiger partial charge in [0.05, 0.1) is 22.5 Å². The topological polar surface area (TPSA) is 63.1 Å². The van der Waals surface area contributed by atoms with Crippen LogP contribution in [0.3, 0.4) is 0 Å². The summed E-state index contributed by atoms with van der Waals surface area (Å²) < 4.78 is 13.8. The van der Waals surface area contributed by atoms with Crippen LogP contribution in [0.1, 0.15) is 27.9 Å². The number of benzene rings is 2. The first-order valence-corrected chi connectivity index (χ1v) is 9.52. The fourth-order valence-corrected chi connectivity index (χ4v) is 4.17. The summed E-state index contributed by atoms with van der Waals surface area (Å²) in [7, 11) is 0. The largest absolute Gasteiger partial charge is 0.478 e. The number of aryl methyl sites for hydroxylation is 1. The van der Waals surface area contributed by atoms with Crippen molar-refractivity contribution in [3.8, 4) is 22.5 Å². The number of rotatable bonds is 2. The Morgan fingerprint density at radius 1 is 1.03 bits per heavy atom. The number of fused-ring (bicyclic) bond motifs is 4. The Bertz CT molecular complexity index is 1280. The number of pyridine rings is 2. The highest BCUT2D eigenvalue weighted by Crippen LogP contribution is 2.37. The maximum atomic E-state index is 13.8. The molecule has 2 aromatic heterocycles. The molecular weight excluding hydrogens is 403 g/mol. The lowest BCUT2D eigenvalue weighted by Crippen LogP contribution is -2.07. The van der Waals surface area contributed by atoms with Crippen LogP contribution in [0.25, 0.3) is 33.4 Å². The van der Waals surface area contributed by atoms with Crippen molar-refractivity contribution in [2.45, 2.75) is 19.3 Å². The lowest BCUT2D eigenvalue weighted by atomic mass is 9.94. The summed E-state index contributed by atoms with van der Waals surface area (Å²) in [5, 5.41) is 10.3. The number of hydrogen-bond donors (Lipinski definition) is 1. The standard InChI is InChI=1S/C24H17FN2O2.ClH/c25-16-8-10-21-19(13-16)22(24(28)29)18-5-3-4-14-12-15(20-6-1-2-11-26-20)7-9-17(14)23(18)27-21;/h1-2,6-13H,3-5H2,(H,28,29);1H. The van der Waals surface area contributed by atoms with Crippen molar-refractivity contribution in [1.82, 2.24) is 9.97 Å². The van der Waals surface area contributed by atoms with Gasteiger partial charge in [-0.15, -0.1) is 12.4 Å². The van der Waals surface area contributed by atoms with E-state index in [1.807, 2.05) is 30.3 Å². The molecule has 1 aliphatic rings. The Morgan fingerprint density at radius 3 is 2.67 bits per heavy atom. The number of aromatic nitrogens is 2. The summed E-state index contributed by atoms with van der Waals surface area (Å²) in [6.45, 7) is 0. The van der Waals surface area contributed by atoms with Gasteiger partial charge in [-0.2, -0.15) is 0 Å². The number of carboxylic acid groups (broad SMARTS) is 1. The van der Waals surface area contributed by atoms with Crippen molar-refractivity contribution in [2.75, 3.05) is 0 Å². The van der Waals surface area contributed by atoms with E-state index in [2.05, 4.69) is 11.1 Å². The van der Waals surface area contributed by atoms with E-state index >= 15 is 0 Å². The SMILES string of the molecule is Cl.O=C(O)c1c2c(nc3ccc(F)cc13)-c1ccc(-c3ccccn3)cc1CCC2. The molecule has 0 bridgehead atoms. The van der Waals surface area contributed by atoms with Gasteiger partial charge in [0.2, 0.25) is 0 Å². The molecule has 5 rings (SSSR count). The van der Waals surface area contributed by atoms with Gasteiger partial charge in [-0.25, -0.2) is 14.2 Å². The fraction of sp³-hybridized carbons (Fsp3) is 0.125. The Morgan fingerprint density at radius 2 is 1.90 bits per heavy atom. The van der Waals surface area contributed by atoms with E-state index in [0.29, 0.717) is 28.6 Å². The van der Waals surface area contributed by atoms with Crippen molar-refractivity contribution in [3.05, 3.63) is 83.3 Å². The third-order valence-electron chi connectivity index (χ3n) is 5.46. The molecule has 0 aliphatic heterocycles. The second-order valence-corrected chi connectivity index (χ2v) is 7.22. The normalized spacial score (nSPS) is 12.4. The van der Waals surface area contributed by atoms with Crippen molar-refractivity contribution in [2.24, 2.45) is 0 Å². The van der Waals surface area contributed by atoms with Gasteiger partial charge in [0.15, 0.2) is 0 Å². The molecule has 0 fully saturated rings. The molecule has 2 aromatic carbocycles. The van der Waals surface area contributed by atoms with Gasteiger partial charge in [-0.3, -0.25) is 4.98 Å². The summed E-state index contributed by atoms with van der Waals surface area (Å²) in [6, 6.07) is 16.0.